The van der Waals surface area contributed by atoms with Gasteiger partial charge in [-0.25, -0.2) is 0 Å². The fourth-order valence-corrected chi connectivity index (χ4v) is 3.25. The van der Waals surface area contributed by atoms with Crippen LogP contribution in [0.25, 0.3) is 6.08 Å². The summed E-state index contributed by atoms with van der Waals surface area (Å²) >= 11 is 0. The smallest absolute Gasteiger partial charge is 0.293 e. The average Bonchev–Trinajstić information content (AvgIpc) is 2.61. The molecule has 0 aromatic heterocycles. The molecular weight excluding hydrogens is 332 g/mol. The second kappa shape index (κ2) is 8.48. The van der Waals surface area contributed by atoms with Crippen LogP contribution in [0.5, 0.6) is 0 Å². The van der Waals surface area contributed by atoms with Gasteiger partial charge in [0.2, 0.25) is 0 Å². The van der Waals surface area contributed by atoms with E-state index in [1.54, 1.807) is 31.1 Å². The number of nitrogens with one attached hydrogen (secondary N) is 1. The normalized spacial score (nSPS) is 20.2. The van der Waals surface area contributed by atoms with Crippen LogP contribution in [0.1, 0.15) is 38.2 Å². The number of nitrogens with zero attached hydrogens (tertiary/aromatic N) is 3. The van der Waals surface area contributed by atoms with Gasteiger partial charge in [-0.3, -0.25) is 14.9 Å². The van der Waals surface area contributed by atoms with Crippen LogP contribution in [-0.4, -0.2) is 31.0 Å². The molecule has 7 nitrogen and oxygen atoms in total. The molecule has 26 heavy (non-hydrogen) atoms. The number of nitro benzene ring substituents is 1. The van der Waals surface area contributed by atoms with Crippen molar-refractivity contribution in [2.45, 2.75) is 38.6 Å². The van der Waals surface area contributed by atoms with Crippen molar-refractivity contribution in [3.8, 4) is 6.07 Å². The van der Waals surface area contributed by atoms with E-state index in [4.69, 9.17) is 0 Å². The minimum Gasteiger partial charge on any atom is -0.372 e. The van der Waals surface area contributed by atoms with Crippen molar-refractivity contribution in [2.24, 2.45) is 5.92 Å². The fourth-order valence-electron chi connectivity index (χ4n) is 3.25. The Hall–Kier alpha value is -2.88. The summed E-state index contributed by atoms with van der Waals surface area (Å²) in [5, 5.41) is 23.6. The van der Waals surface area contributed by atoms with Gasteiger partial charge in [0.05, 0.1) is 4.92 Å². The summed E-state index contributed by atoms with van der Waals surface area (Å²) in [5.74, 6) is -0.0429. The largest absolute Gasteiger partial charge is 0.372 e. The van der Waals surface area contributed by atoms with Gasteiger partial charge in [0, 0.05) is 26.2 Å². The molecule has 0 bridgehead atoms. The van der Waals surface area contributed by atoms with Gasteiger partial charge in [-0.1, -0.05) is 25.8 Å². The number of carbonyl (C=O) groups is 1. The SMILES string of the molecule is C[C@H]1CCCC[C@H]1NC(=O)/C(C#N)=C/c1ccc(N(C)C)c([N+](=O)[O-])c1. The average molecular weight is 356 g/mol. The molecule has 1 saturated carbocycles. The minimum atomic E-state index is -0.470. The molecule has 0 radical (unpaired) electrons. The lowest BCUT2D eigenvalue weighted by Gasteiger charge is -2.29. The zero-order valence-electron chi connectivity index (χ0n) is 15.4. The number of nitro groups is 1. The van der Waals surface area contributed by atoms with E-state index in [1.165, 1.54) is 12.1 Å². The molecule has 7 heteroatoms. The summed E-state index contributed by atoms with van der Waals surface area (Å²) in [4.78, 5) is 24.9. The quantitative estimate of drug-likeness (QED) is 0.378. The molecule has 1 aromatic carbocycles. The summed E-state index contributed by atoms with van der Waals surface area (Å²) in [5.41, 5.74) is 0.800. The van der Waals surface area contributed by atoms with E-state index in [9.17, 15) is 20.2 Å². The van der Waals surface area contributed by atoms with Gasteiger partial charge in [0.15, 0.2) is 0 Å². The first-order valence-electron chi connectivity index (χ1n) is 8.72. The van der Waals surface area contributed by atoms with Crippen LogP contribution in [0.4, 0.5) is 11.4 Å². The Morgan fingerprint density at radius 2 is 2.08 bits per heavy atom. The maximum Gasteiger partial charge on any atom is 0.293 e. The monoisotopic (exact) mass is 356 g/mol. The van der Waals surface area contributed by atoms with Crippen LogP contribution in [-0.2, 0) is 4.79 Å². The molecule has 0 heterocycles. The summed E-state index contributed by atoms with van der Waals surface area (Å²) in [6, 6.07) is 6.63. The Labute approximate surface area is 153 Å². The maximum absolute atomic E-state index is 12.4. The zero-order valence-corrected chi connectivity index (χ0v) is 15.4. The van der Waals surface area contributed by atoms with Crippen LogP contribution in [0.3, 0.4) is 0 Å². The van der Waals surface area contributed by atoms with Gasteiger partial charge >= 0.3 is 0 Å². The maximum atomic E-state index is 12.4. The molecule has 2 atom stereocenters. The predicted octanol–water partition coefficient (Wildman–Crippen LogP) is 3.26. The number of hydrogen-bond acceptors (Lipinski definition) is 5. The van der Waals surface area contributed by atoms with Crippen LogP contribution in [0.2, 0.25) is 0 Å². The van der Waals surface area contributed by atoms with E-state index in [-0.39, 0.29) is 17.3 Å². The first-order chi connectivity index (χ1) is 12.3. The molecule has 1 fully saturated rings. The van der Waals surface area contributed by atoms with Crippen molar-refractivity contribution < 1.29 is 9.72 Å². The molecule has 1 aromatic rings. The Bertz CT molecular complexity index is 765. The number of nitriles is 1. The molecule has 1 amide bonds. The summed E-state index contributed by atoms with van der Waals surface area (Å²) < 4.78 is 0. The summed E-state index contributed by atoms with van der Waals surface area (Å²) in [6.07, 6.45) is 5.61. The second-order valence-corrected chi connectivity index (χ2v) is 6.91. The third-order valence-corrected chi connectivity index (χ3v) is 4.78. The van der Waals surface area contributed by atoms with E-state index in [1.807, 2.05) is 6.07 Å². The number of amides is 1. The van der Waals surface area contributed by atoms with E-state index in [0.717, 1.165) is 25.7 Å². The molecule has 0 saturated heterocycles. The minimum absolute atomic E-state index is 0.0466. The van der Waals surface area contributed by atoms with Crippen molar-refractivity contribution in [3.63, 3.8) is 0 Å². The fraction of sp³-hybridized carbons (Fsp3) is 0.474. The lowest BCUT2D eigenvalue weighted by Crippen LogP contribution is -2.41. The molecule has 1 N–H and O–H groups in total. The van der Waals surface area contributed by atoms with Crippen molar-refractivity contribution in [3.05, 3.63) is 39.4 Å². The molecular formula is C19H24N4O3. The van der Waals surface area contributed by atoms with E-state index < -0.39 is 10.8 Å². The molecule has 1 aliphatic rings. The van der Waals surface area contributed by atoms with Crippen LogP contribution in [0, 0.1) is 27.4 Å². The Morgan fingerprint density at radius 1 is 1.38 bits per heavy atom. The first-order valence-corrected chi connectivity index (χ1v) is 8.72. The second-order valence-electron chi connectivity index (χ2n) is 6.91. The molecule has 2 rings (SSSR count). The highest BCUT2D eigenvalue weighted by Gasteiger charge is 2.24. The lowest BCUT2D eigenvalue weighted by atomic mass is 9.86. The molecule has 138 valence electrons. The number of anilines is 1. The number of rotatable bonds is 5. The van der Waals surface area contributed by atoms with Crippen molar-refractivity contribution in [1.29, 1.82) is 5.26 Å². The first kappa shape index (κ1) is 19.4. The Morgan fingerprint density at radius 3 is 2.65 bits per heavy atom. The molecule has 0 aliphatic heterocycles. The van der Waals surface area contributed by atoms with Gasteiger partial charge in [0.1, 0.15) is 17.3 Å². The van der Waals surface area contributed by atoms with Crippen LogP contribution >= 0.6 is 0 Å². The molecule has 0 unspecified atom stereocenters. The third-order valence-electron chi connectivity index (χ3n) is 4.78. The number of carbonyl (C=O) groups excluding carboxylic acids is 1. The highest BCUT2D eigenvalue weighted by atomic mass is 16.6. The van der Waals surface area contributed by atoms with Crippen LogP contribution in [0.15, 0.2) is 23.8 Å². The zero-order chi connectivity index (χ0) is 19.3. The predicted molar refractivity (Wildman–Crippen MR) is 101 cm³/mol. The Kier molecular flexibility index (Phi) is 6.34. The van der Waals surface area contributed by atoms with Gasteiger partial charge in [0.25, 0.3) is 11.6 Å². The number of benzene rings is 1. The number of hydrogen-bond donors (Lipinski definition) is 1. The van der Waals surface area contributed by atoms with Crippen molar-refractivity contribution >= 4 is 23.4 Å². The van der Waals surface area contributed by atoms with Gasteiger partial charge < -0.3 is 10.2 Å². The summed E-state index contributed by atoms with van der Waals surface area (Å²) in [7, 11) is 3.44. The highest BCUT2D eigenvalue weighted by molar-refractivity contribution is 6.02. The van der Waals surface area contributed by atoms with Gasteiger partial charge in [-0.15, -0.1) is 0 Å². The van der Waals surface area contributed by atoms with Crippen molar-refractivity contribution in [2.75, 3.05) is 19.0 Å². The van der Waals surface area contributed by atoms with Crippen LogP contribution < -0.4 is 10.2 Å². The van der Waals surface area contributed by atoms with E-state index >= 15 is 0 Å². The van der Waals surface area contributed by atoms with Crippen molar-refractivity contribution in [1.82, 2.24) is 5.32 Å². The third kappa shape index (κ3) is 4.60. The van der Waals surface area contributed by atoms with Gasteiger partial charge in [-0.05, 0) is 36.5 Å². The lowest BCUT2D eigenvalue weighted by molar-refractivity contribution is -0.384. The molecule has 1 aliphatic carbocycles. The molecule has 0 spiro atoms. The highest BCUT2D eigenvalue weighted by Crippen LogP contribution is 2.29. The van der Waals surface area contributed by atoms with E-state index in [0.29, 0.717) is 17.2 Å². The standard InChI is InChI=1S/C19H24N4O3/c1-13-6-4-5-7-16(13)21-19(24)15(12-20)10-14-8-9-17(22(2)3)18(11-14)23(25)26/h8-11,13,16H,4-7H2,1-3H3,(H,21,24)/b15-10+/t13-,16+/m0/s1. The van der Waals surface area contributed by atoms with Gasteiger partial charge in [-0.2, -0.15) is 5.26 Å². The Balaban J connectivity index is 2.25. The summed E-state index contributed by atoms with van der Waals surface area (Å²) in [6.45, 7) is 2.10. The topological polar surface area (TPSA) is 99.3 Å². The van der Waals surface area contributed by atoms with E-state index in [2.05, 4.69) is 12.2 Å².